The molecule has 3 N–H and O–H groups in total. The van der Waals surface area contributed by atoms with Crippen molar-refractivity contribution >= 4 is 56.8 Å². The van der Waals surface area contributed by atoms with Gasteiger partial charge in [-0.25, -0.2) is 23.2 Å². The first-order chi connectivity index (χ1) is 36.4. The van der Waals surface area contributed by atoms with E-state index >= 15 is 0 Å². The van der Waals surface area contributed by atoms with Gasteiger partial charge in [0, 0.05) is 74.4 Å². The Morgan fingerprint density at radius 1 is 0.645 bits per heavy atom. The Balaban J connectivity index is 0.833. The van der Waals surface area contributed by atoms with Gasteiger partial charge in [0.2, 0.25) is 33.7 Å². The predicted molar refractivity (Wildman–Crippen MR) is 286 cm³/mol. The number of likely N-dealkylation sites (N-methyl/N-ethyl adjacent to an activating group) is 2. The number of pyridine rings is 1. The van der Waals surface area contributed by atoms with E-state index in [0.29, 0.717) is 103 Å². The standard InChI is InChI=1S/C54H64N12O9S/c1-7-63-30-53(4,5)74-46-42(48(63)67)44(58-50(60-46)65-26-38-18-19-39(27-65)72-38)33-10-14-35(15-11-33)56-52(69)57-37-22-32(24-55-25-37)23-54(6)31-64(8-2)49(68)43-45(34-12-16-36(17-13-34)62-76(70,71)9-3)59-51(61-47(43)75-54)66-28-40-20-21-41(29-66)73-40/h10-17,22,24-25,38-41,62H,7-9,18-21,23,26-31H2,1-6H3,(H2,56,57,69). The molecule has 4 bridgehead atoms. The molecule has 2 aromatic carbocycles. The fourth-order valence-corrected chi connectivity index (χ4v) is 11.8. The lowest BCUT2D eigenvalue weighted by Gasteiger charge is -2.33. The van der Waals surface area contributed by atoms with Crippen LogP contribution in [0.5, 0.6) is 11.8 Å². The van der Waals surface area contributed by atoms with Crippen LogP contribution in [0.4, 0.5) is 33.8 Å². The number of sulfonamides is 1. The molecule has 5 aromatic rings. The monoisotopic (exact) mass is 1060 g/mol. The fourth-order valence-electron chi connectivity index (χ4n) is 11.2. The van der Waals surface area contributed by atoms with Gasteiger partial charge in [-0.2, -0.15) is 9.97 Å². The minimum Gasteiger partial charge on any atom is -0.469 e. The third-order valence-corrected chi connectivity index (χ3v) is 16.1. The lowest BCUT2D eigenvalue weighted by molar-refractivity contribution is 0.0295. The number of carbonyl (C=O) groups excluding carboxylic acids is 3. The van der Waals surface area contributed by atoms with Crippen molar-refractivity contribution in [2.45, 2.75) is 109 Å². The number of nitrogens with zero attached hydrogens (tertiary/aromatic N) is 9. The summed E-state index contributed by atoms with van der Waals surface area (Å²) < 4.78 is 53.0. The minimum absolute atomic E-state index is 0.0364. The average molecular weight is 1060 g/mol. The van der Waals surface area contributed by atoms with Crippen LogP contribution in [0.3, 0.4) is 0 Å². The van der Waals surface area contributed by atoms with Gasteiger partial charge in [0.15, 0.2) is 0 Å². The van der Waals surface area contributed by atoms with Crippen LogP contribution in [0.25, 0.3) is 22.5 Å². The Bertz CT molecular complexity index is 3160. The normalized spacial score (nSPS) is 23.7. The lowest BCUT2D eigenvalue weighted by atomic mass is 9.96. The van der Waals surface area contributed by atoms with Crippen LogP contribution in [0.15, 0.2) is 67.0 Å². The molecule has 0 spiro atoms. The fraction of sp³-hybridized carbons (Fsp3) is 0.481. The maximum atomic E-state index is 14.7. The molecular formula is C54H64N12O9S. The number of benzene rings is 2. The van der Waals surface area contributed by atoms with Crippen LogP contribution in [0.2, 0.25) is 0 Å². The summed E-state index contributed by atoms with van der Waals surface area (Å²) in [4.78, 5) is 74.6. The summed E-state index contributed by atoms with van der Waals surface area (Å²) in [6, 6.07) is 15.3. The van der Waals surface area contributed by atoms with Crippen LogP contribution in [0.1, 0.15) is 93.5 Å². The second-order valence-corrected chi connectivity index (χ2v) is 23.4. The Hall–Kier alpha value is -7.17. The zero-order valence-corrected chi connectivity index (χ0v) is 44.5. The van der Waals surface area contributed by atoms with Crippen LogP contribution in [0, 0.1) is 0 Å². The summed E-state index contributed by atoms with van der Waals surface area (Å²) >= 11 is 0. The number of urea groups is 1. The lowest BCUT2D eigenvalue weighted by Crippen LogP contribution is -2.46. The molecule has 11 rings (SSSR count). The molecule has 21 nitrogen and oxygen atoms in total. The van der Waals surface area contributed by atoms with Gasteiger partial charge in [0.25, 0.3) is 11.8 Å². The molecule has 400 valence electrons. The first kappa shape index (κ1) is 51.0. The molecule has 0 radical (unpaired) electrons. The first-order valence-electron chi connectivity index (χ1n) is 26.3. The highest BCUT2D eigenvalue weighted by Crippen LogP contribution is 2.41. The molecule has 76 heavy (non-hydrogen) atoms. The molecule has 3 aromatic heterocycles. The second kappa shape index (κ2) is 20.1. The van der Waals surface area contributed by atoms with E-state index in [0.717, 1.165) is 31.2 Å². The quantitative estimate of drug-likeness (QED) is 0.112. The van der Waals surface area contributed by atoms with Crippen molar-refractivity contribution in [3.05, 3.63) is 83.7 Å². The van der Waals surface area contributed by atoms with E-state index in [9.17, 15) is 22.8 Å². The zero-order chi connectivity index (χ0) is 53.1. The Labute approximate surface area is 442 Å². The van der Waals surface area contributed by atoms with Gasteiger partial charge in [0.1, 0.15) is 22.3 Å². The molecular weight excluding hydrogens is 993 g/mol. The maximum Gasteiger partial charge on any atom is 0.323 e. The third kappa shape index (κ3) is 10.5. The number of anilines is 5. The van der Waals surface area contributed by atoms with Gasteiger partial charge in [0.05, 0.1) is 66.5 Å². The highest BCUT2D eigenvalue weighted by atomic mass is 32.2. The van der Waals surface area contributed by atoms with Crippen LogP contribution in [-0.2, 0) is 25.9 Å². The molecule has 5 unspecified atom stereocenters. The minimum atomic E-state index is -3.52. The van der Waals surface area contributed by atoms with Crippen molar-refractivity contribution in [2.24, 2.45) is 0 Å². The smallest absolute Gasteiger partial charge is 0.323 e. The number of aromatic nitrogens is 5. The van der Waals surface area contributed by atoms with E-state index in [1.165, 1.54) is 0 Å². The summed E-state index contributed by atoms with van der Waals surface area (Å²) in [6.45, 7) is 15.1. The van der Waals surface area contributed by atoms with Crippen molar-refractivity contribution in [1.29, 1.82) is 0 Å². The molecule has 22 heteroatoms. The van der Waals surface area contributed by atoms with Gasteiger partial charge in [-0.15, -0.1) is 0 Å². The highest BCUT2D eigenvalue weighted by Gasteiger charge is 2.43. The van der Waals surface area contributed by atoms with Gasteiger partial charge in [-0.05, 0) is 103 Å². The first-order valence-corrected chi connectivity index (χ1v) is 27.9. The van der Waals surface area contributed by atoms with Crippen molar-refractivity contribution in [3.63, 3.8) is 0 Å². The van der Waals surface area contributed by atoms with Crippen LogP contribution in [-0.4, -0.2) is 155 Å². The predicted octanol–water partition coefficient (Wildman–Crippen LogP) is 6.63. The summed E-state index contributed by atoms with van der Waals surface area (Å²) in [5.74, 6) is 0.679. The summed E-state index contributed by atoms with van der Waals surface area (Å²) in [7, 11) is -3.52. The topological polar surface area (TPSA) is 236 Å². The number of amides is 4. The summed E-state index contributed by atoms with van der Waals surface area (Å²) in [5.41, 5.74) is 2.90. The van der Waals surface area contributed by atoms with E-state index in [4.69, 9.17) is 38.9 Å². The molecule has 4 saturated heterocycles. The van der Waals surface area contributed by atoms with E-state index in [1.54, 1.807) is 65.5 Å². The number of hydrogen-bond acceptors (Lipinski definition) is 16. The SMILES string of the molecule is CCN1CC(C)(C)Oc2nc(N3CC4CCC(C3)O4)nc(-c3ccc(NC(=O)Nc4cncc(CC5(C)CN(CC)C(=O)c6c(nc(N7CC8CCC(C7)O8)nc6-c6ccc(NS(=O)(=O)CC)cc6)O5)c4)cc3)c2C1=O. The number of fused-ring (bicyclic) bond motifs is 6. The van der Waals surface area contributed by atoms with E-state index < -0.39 is 27.3 Å². The molecule has 4 amide bonds. The summed E-state index contributed by atoms with van der Waals surface area (Å²) in [5, 5.41) is 5.84. The molecule has 4 fully saturated rings. The molecule has 6 aliphatic rings. The molecule has 0 saturated carbocycles. The number of morpholine rings is 2. The molecule has 5 atom stereocenters. The van der Waals surface area contributed by atoms with E-state index in [2.05, 4.69) is 30.1 Å². The molecule has 0 aliphatic carbocycles. The van der Waals surface area contributed by atoms with E-state index in [1.807, 2.05) is 52.8 Å². The average Bonchev–Trinajstić information content (AvgIpc) is 3.90. The third-order valence-electron chi connectivity index (χ3n) is 14.8. The number of nitrogens with one attached hydrogen (secondary N) is 3. The van der Waals surface area contributed by atoms with Gasteiger partial charge in [-0.1, -0.05) is 24.3 Å². The van der Waals surface area contributed by atoms with Crippen molar-refractivity contribution < 1.29 is 41.7 Å². The summed E-state index contributed by atoms with van der Waals surface area (Å²) in [6.07, 6.45) is 7.63. The van der Waals surface area contributed by atoms with Crippen molar-refractivity contribution in [1.82, 2.24) is 34.7 Å². The number of rotatable bonds is 13. The van der Waals surface area contributed by atoms with Crippen LogP contribution < -0.4 is 34.6 Å². The van der Waals surface area contributed by atoms with Crippen LogP contribution >= 0.6 is 0 Å². The Morgan fingerprint density at radius 2 is 1.13 bits per heavy atom. The van der Waals surface area contributed by atoms with Crippen molar-refractivity contribution in [3.8, 4) is 34.3 Å². The maximum absolute atomic E-state index is 14.7. The van der Waals surface area contributed by atoms with Gasteiger partial charge in [-0.3, -0.25) is 19.3 Å². The number of hydrogen-bond donors (Lipinski definition) is 3. The Morgan fingerprint density at radius 3 is 1.64 bits per heavy atom. The highest BCUT2D eigenvalue weighted by molar-refractivity contribution is 7.92. The van der Waals surface area contributed by atoms with Gasteiger partial charge >= 0.3 is 6.03 Å². The number of ether oxygens (including phenoxy) is 4. The second-order valence-electron chi connectivity index (χ2n) is 21.4. The largest absolute Gasteiger partial charge is 0.469 e. The molecule has 6 aliphatic heterocycles. The zero-order valence-electron chi connectivity index (χ0n) is 43.7. The van der Waals surface area contributed by atoms with Gasteiger partial charge < -0.3 is 49.2 Å². The molecule has 9 heterocycles. The number of carbonyl (C=O) groups is 3. The van der Waals surface area contributed by atoms with E-state index in [-0.39, 0.29) is 72.3 Å². The van der Waals surface area contributed by atoms with Crippen molar-refractivity contribution in [2.75, 3.05) is 83.3 Å². The Kier molecular flexibility index (Phi) is 13.5.